The summed E-state index contributed by atoms with van der Waals surface area (Å²) in [5.74, 6) is 1.02. The number of nitrogens with zero attached hydrogens (tertiary/aromatic N) is 1. The predicted octanol–water partition coefficient (Wildman–Crippen LogP) is 3.35. The van der Waals surface area contributed by atoms with Gasteiger partial charge in [-0.1, -0.05) is 48.5 Å². The Morgan fingerprint density at radius 1 is 1.12 bits per heavy atom. The Hall–Kier alpha value is -2.33. The van der Waals surface area contributed by atoms with E-state index in [2.05, 4.69) is 0 Å². The molecule has 2 aromatic carbocycles. The Labute approximate surface area is 149 Å². The summed E-state index contributed by atoms with van der Waals surface area (Å²) in [5.41, 5.74) is 2.06. The molecule has 2 aromatic rings. The molecule has 0 aliphatic carbocycles. The van der Waals surface area contributed by atoms with Gasteiger partial charge < -0.3 is 14.7 Å². The zero-order valence-electron chi connectivity index (χ0n) is 14.6. The van der Waals surface area contributed by atoms with Crippen LogP contribution in [0.2, 0.25) is 0 Å². The number of carbonyl (C=O) groups is 1. The molecule has 1 aliphatic heterocycles. The Morgan fingerprint density at radius 3 is 2.44 bits per heavy atom. The van der Waals surface area contributed by atoms with Gasteiger partial charge in [-0.2, -0.15) is 0 Å². The van der Waals surface area contributed by atoms with E-state index in [-0.39, 0.29) is 18.6 Å². The molecule has 1 fully saturated rings. The Bertz CT molecular complexity index is 691. The maximum Gasteiger partial charge on any atom is 0.260 e. The van der Waals surface area contributed by atoms with E-state index in [0.29, 0.717) is 19.0 Å². The van der Waals surface area contributed by atoms with Crippen LogP contribution in [0.4, 0.5) is 0 Å². The van der Waals surface area contributed by atoms with E-state index >= 15 is 0 Å². The van der Waals surface area contributed by atoms with Gasteiger partial charge in [-0.3, -0.25) is 4.79 Å². The minimum absolute atomic E-state index is 0.00640. The summed E-state index contributed by atoms with van der Waals surface area (Å²) in [6, 6.07) is 17.8. The summed E-state index contributed by atoms with van der Waals surface area (Å²) < 4.78 is 5.84. The highest BCUT2D eigenvalue weighted by Crippen LogP contribution is 2.29. The van der Waals surface area contributed by atoms with Gasteiger partial charge in [0, 0.05) is 18.7 Å². The molecule has 1 amide bonds. The average Bonchev–Trinajstić information content (AvgIpc) is 2.67. The molecular weight excluding hydrogens is 314 g/mol. The Morgan fingerprint density at radius 2 is 1.76 bits per heavy atom. The van der Waals surface area contributed by atoms with Crippen molar-refractivity contribution < 1.29 is 14.6 Å². The second kappa shape index (κ2) is 8.17. The van der Waals surface area contributed by atoms with Crippen molar-refractivity contribution in [1.82, 2.24) is 4.90 Å². The topological polar surface area (TPSA) is 49.8 Å². The van der Waals surface area contributed by atoms with Crippen molar-refractivity contribution in [3.05, 3.63) is 54.6 Å². The molecule has 132 valence electrons. The number of carbonyl (C=O) groups excluding carboxylic acids is 1. The van der Waals surface area contributed by atoms with Crippen LogP contribution in [-0.4, -0.2) is 41.7 Å². The largest absolute Gasteiger partial charge is 0.483 e. The number of amides is 1. The monoisotopic (exact) mass is 339 g/mol. The second-order valence-electron chi connectivity index (χ2n) is 6.61. The molecule has 0 aromatic heterocycles. The molecular formula is C21H25NO3. The van der Waals surface area contributed by atoms with Gasteiger partial charge in [0.2, 0.25) is 0 Å². The van der Waals surface area contributed by atoms with E-state index in [9.17, 15) is 9.90 Å². The Kier molecular flexibility index (Phi) is 5.71. The number of likely N-dealkylation sites (tertiary alicyclic amines) is 1. The lowest BCUT2D eigenvalue weighted by atomic mass is 9.92. The summed E-state index contributed by atoms with van der Waals surface area (Å²) in [6.45, 7) is 3.26. The van der Waals surface area contributed by atoms with E-state index in [1.54, 1.807) is 0 Å². The van der Waals surface area contributed by atoms with Crippen molar-refractivity contribution in [2.45, 2.75) is 25.9 Å². The molecule has 25 heavy (non-hydrogen) atoms. The zero-order valence-corrected chi connectivity index (χ0v) is 14.6. The number of piperidine rings is 1. The molecule has 1 atom stereocenters. The first-order valence-corrected chi connectivity index (χ1v) is 8.88. The molecule has 1 aliphatic rings. The second-order valence-corrected chi connectivity index (χ2v) is 6.61. The first-order chi connectivity index (χ1) is 12.1. The number of para-hydroxylation sites is 1. The third-order valence-electron chi connectivity index (χ3n) is 4.90. The summed E-state index contributed by atoms with van der Waals surface area (Å²) in [7, 11) is 0. The fourth-order valence-electron chi connectivity index (χ4n) is 3.31. The first kappa shape index (κ1) is 17.5. The van der Waals surface area contributed by atoms with Gasteiger partial charge >= 0.3 is 0 Å². The van der Waals surface area contributed by atoms with Gasteiger partial charge in [0.15, 0.2) is 6.61 Å². The molecule has 3 rings (SSSR count). The van der Waals surface area contributed by atoms with Crippen molar-refractivity contribution in [2.75, 3.05) is 19.7 Å². The van der Waals surface area contributed by atoms with Crippen LogP contribution < -0.4 is 4.74 Å². The number of hydrogen-bond donors (Lipinski definition) is 1. The molecule has 1 unspecified atom stereocenters. The third-order valence-corrected chi connectivity index (χ3v) is 4.90. The van der Waals surface area contributed by atoms with E-state index < -0.39 is 0 Å². The molecule has 0 radical (unpaired) electrons. The summed E-state index contributed by atoms with van der Waals surface area (Å²) in [6.07, 6.45) is 1.40. The lowest BCUT2D eigenvalue weighted by Crippen LogP contribution is -2.42. The molecule has 1 saturated heterocycles. The lowest BCUT2D eigenvalue weighted by Gasteiger charge is -2.33. The number of aliphatic hydroxyl groups excluding tert-OH is 1. The molecule has 4 nitrogen and oxygen atoms in total. The maximum absolute atomic E-state index is 12.4. The van der Waals surface area contributed by atoms with Gasteiger partial charge in [0.1, 0.15) is 5.75 Å². The van der Waals surface area contributed by atoms with Gasteiger partial charge in [0.25, 0.3) is 5.91 Å². The standard InChI is InChI=1S/C21H25NO3/c1-16(23)17-11-13-22(14-12-17)21(24)15-25-20-10-6-5-9-19(20)18-7-3-2-4-8-18/h2-10,16-17,23H,11-15H2,1H3. The Balaban J connectivity index is 1.60. The van der Waals surface area contributed by atoms with E-state index in [0.717, 1.165) is 29.7 Å². The third kappa shape index (κ3) is 4.40. The van der Waals surface area contributed by atoms with Gasteiger partial charge in [0.05, 0.1) is 6.10 Å². The van der Waals surface area contributed by atoms with Crippen molar-refractivity contribution in [3.63, 3.8) is 0 Å². The van der Waals surface area contributed by atoms with Crippen LogP contribution in [0.3, 0.4) is 0 Å². The number of hydrogen-bond acceptors (Lipinski definition) is 3. The molecule has 0 spiro atoms. The number of ether oxygens (including phenoxy) is 1. The fourth-order valence-corrected chi connectivity index (χ4v) is 3.31. The highest BCUT2D eigenvalue weighted by atomic mass is 16.5. The minimum atomic E-state index is -0.300. The summed E-state index contributed by atoms with van der Waals surface area (Å²) >= 11 is 0. The van der Waals surface area contributed by atoms with Crippen LogP contribution in [0.15, 0.2) is 54.6 Å². The summed E-state index contributed by atoms with van der Waals surface area (Å²) in [4.78, 5) is 14.3. The number of rotatable bonds is 5. The van der Waals surface area contributed by atoms with Crippen molar-refractivity contribution in [2.24, 2.45) is 5.92 Å². The number of benzene rings is 2. The molecule has 0 bridgehead atoms. The molecule has 1 N–H and O–H groups in total. The molecule has 0 saturated carbocycles. The summed E-state index contributed by atoms with van der Waals surface area (Å²) in [5, 5.41) is 9.66. The van der Waals surface area contributed by atoms with E-state index in [1.165, 1.54) is 0 Å². The quantitative estimate of drug-likeness (QED) is 0.909. The maximum atomic E-state index is 12.4. The molecule has 1 heterocycles. The van der Waals surface area contributed by atoms with Crippen LogP contribution in [0.1, 0.15) is 19.8 Å². The zero-order chi connectivity index (χ0) is 17.6. The van der Waals surface area contributed by atoms with Gasteiger partial charge in [-0.05, 0) is 37.3 Å². The van der Waals surface area contributed by atoms with Crippen LogP contribution in [0.25, 0.3) is 11.1 Å². The number of aliphatic hydroxyl groups is 1. The lowest BCUT2D eigenvalue weighted by molar-refractivity contribution is -0.135. The highest BCUT2D eigenvalue weighted by molar-refractivity contribution is 5.78. The van der Waals surface area contributed by atoms with Gasteiger partial charge in [-0.15, -0.1) is 0 Å². The SMILES string of the molecule is CC(O)C1CCN(C(=O)COc2ccccc2-c2ccccc2)CC1. The predicted molar refractivity (Wildman–Crippen MR) is 98.4 cm³/mol. The van der Waals surface area contributed by atoms with Crippen LogP contribution in [0, 0.1) is 5.92 Å². The van der Waals surface area contributed by atoms with Crippen LogP contribution in [-0.2, 0) is 4.79 Å². The normalized spacial score (nSPS) is 16.5. The molecule has 4 heteroatoms. The average molecular weight is 339 g/mol. The van der Waals surface area contributed by atoms with Crippen molar-refractivity contribution in [1.29, 1.82) is 0 Å². The highest BCUT2D eigenvalue weighted by Gasteiger charge is 2.25. The van der Waals surface area contributed by atoms with Crippen LogP contribution in [0.5, 0.6) is 5.75 Å². The smallest absolute Gasteiger partial charge is 0.260 e. The van der Waals surface area contributed by atoms with Crippen molar-refractivity contribution in [3.8, 4) is 16.9 Å². The van der Waals surface area contributed by atoms with Crippen molar-refractivity contribution >= 4 is 5.91 Å². The van der Waals surface area contributed by atoms with E-state index in [4.69, 9.17) is 4.74 Å². The first-order valence-electron chi connectivity index (χ1n) is 8.88. The van der Waals surface area contributed by atoms with Crippen LogP contribution >= 0.6 is 0 Å². The minimum Gasteiger partial charge on any atom is -0.483 e. The van der Waals surface area contributed by atoms with E-state index in [1.807, 2.05) is 66.4 Å². The fraction of sp³-hybridized carbons (Fsp3) is 0.381. The van der Waals surface area contributed by atoms with Gasteiger partial charge in [-0.25, -0.2) is 0 Å².